The number of esters is 1. The highest BCUT2D eigenvalue weighted by Crippen LogP contribution is 2.36. The van der Waals surface area contributed by atoms with E-state index in [1.54, 1.807) is 0 Å². The Kier molecular flexibility index (Phi) is 4.58. The smallest absolute Gasteiger partial charge is 0.322 e. The van der Waals surface area contributed by atoms with Gasteiger partial charge in [-0.25, -0.2) is 0 Å². The summed E-state index contributed by atoms with van der Waals surface area (Å²) in [6.07, 6.45) is 4.99. The molecule has 15 heavy (non-hydrogen) atoms. The lowest BCUT2D eigenvalue weighted by molar-refractivity contribution is -0.144. The molecule has 3 nitrogen and oxygen atoms in total. The van der Waals surface area contributed by atoms with Crippen molar-refractivity contribution in [1.82, 2.24) is 0 Å². The minimum atomic E-state index is -0.446. The molecule has 88 valence electrons. The van der Waals surface area contributed by atoms with E-state index in [2.05, 4.69) is 13.8 Å². The zero-order valence-corrected chi connectivity index (χ0v) is 10.0. The number of rotatable bonds is 4. The summed E-state index contributed by atoms with van der Waals surface area (Å²) in [5.41, 5.74) is 5.98. The third-order valence-corrected chi connectivity index (χ3v) is 3.60. The van der Waals surface area contributed by atoms with E-state index in [0.29, 0.717) is 11.8 Å². The maximum Gasteiger partial charge on any atom is 0.322 e. The van der Waals surface area contributed by atoms with Crippen LogP contribution < -0.4 is 5.73 Å². The van der Waals surface area contributed by atoms with Gasteiger partial charge in [-0.1, -0.05) is 39.5 Å². The molecule has 0 heterocycles. The highest BCUT2D eigenvalue weighted by Gasteiger charge is 2.35. The monoisotopic (exact) mass is 213 g/mol. The predicted octanol–water partition coefficient (Wildman–Crippen LogP) is 1.95. The molecular weight excluding hydrogens is 190 g/mol. The lowest BCUT2D eigenvalue weighted by Gasteiger charge is -2.30. The second-order valence-electron chi connectivity index (χ2n) is 4.91. The molecule has 0 spiro atoms. The van der Waals surface area contributed by atoms with Gasteiger partial charge in [0.05, 0.1) is 7.11 Å². The molecule has 0 amide bonds. The van der Waals surface area contributed by atoms with Gasteiger partial charge in [-0.3, -0.25) is 4.79 Å². The number of hydrogen-bond donors (Lipinski definition) is 1. The van der Waals surface area contributed by atoms with Crippen LogP contribution in [-0.4, -0.2) is 19.1 Å². The zero-order valence-electron chi connectivity index (χ0n) is 10.0. The first kappa shape index (κ1) is 12.5. The summed E-state index contributed by atoms with van der Waals surface area (Å²) >= 11 is 0. The van der Waals surface area contributed by atoms with E-state index in [4.69, 9.17) is 10.5 Å². The second-order valence-corrected chi connectivity index (χ2v) is 4.91. The highest BCUT2D eigenvalue weighted by atomic mass is 16.5. The van der Waals surface area contributed by atoms with Gasteiger partial charge in [-0.2, -0.15) is 0 Å². The number of methoxy groups -OCH3 is 1. The van der Waals surface area contributed by atoms with Gasteiger partial charge in [0.1, 0.15) is 6.04 Å². The van der Waals surface area contributed by atoms with E-state index in [1.807, 2.05) is 0 Å². The van der Waals surface area contributed by atoms with Crippen LogP contribution in [0.3, 0.4) is 0 Å². The maximum absolute atomic E-state index is 11.5. The molecule has 0 aromatic carbocycles. The summed E-state index contributed by atoms with van der Waals surface area (Å²) in [4.78, 5) is 11.5. The van der Waals surface area contributed by atoms with Gasteiger partial charge in [0, 0.05) is 0 Å². The van der Waals surface area contributed by atoms with E-state index >= 15 is 0 Å². The minimum absolute atomic E-state index is 0.263. The topological polar surface area (TPSA) is 52.3 Å². The molecule has 1 saturated carbocycles. The van der Waals surface area contributed by atoms with E-state index in [-0.39, 0.29) is 11.9 Å². The van der Waals surface area contributed by atoms with Crippen LogP contribution in [0.1, 0.15) is 39.5 Å². The number of nitrogens with two attached hydrogens (primary N) is 1. The minimum Gasteiger partial charge on any atom is -0.468 e. The van der Waals surface area contributed by atoms with Gasteiger partial charge in [-0.15, -0.1) is 0 Å². The van der Waals surface area contributed by atoms with Crippen molar-refractivity contribution >= 4 is 5.97 Å². The van der Waals surface area contributed by atoms with Crippen LogP contribution in [0.25, 0.3) is 0 Å². The quantitative estimate of drug-likeness (QED) is 0.726. The van der Waals surface area contributed by atoms with E-state index in [1.165, 1.54) is 32.8 Å². The number of hydrogen-bond acceptors (Lipinski definition) is 3. The fraction of sp³-hybridized carbons (Fsp3) is 0.917. The summed E-state index contributed by atoms with van der Waals surface area (Å²) in [7, 11) is 1.41. The molecule has 1 fully saturated rings. The molecule has 2 unspecified atom stereocenters. The lowest BCUT2D eigenvalue weighted by Crippen LogP contribution is -2.44. The van der Waals surface area contributed by atoms with Crippen molar-refractivity contribution in [3.8, 4) is 0 Å². The predicted molar refractivity (Wildman–Crippen MR) is 60.3 cm³/mol. The molecule has 0 aromatic rings. The van der Waals surface area contributed by atoms with Crippen molar-refractivity contribution in [3.63, 3.8) is 0 Å². The second kappa shape index (κ2) is 5.50. The standard InChI is InChI=1S/C12H23NO2/c1-8(2)10(9-6-4-5-7-9)11(13)12(14)15-3/h8-11H,4-7,13H2,1-3H3. The summed E-state index contributed by atoms with van der Waals surface area (Å²) in [5.74, 6) is 1.07. The van der Waals surface area contributed by atoms with Crippen LogP contribution in [0, 0.1) is 17.8 Å². The van der Waals surface area contributed by atoms with Crippen molar-refractivity contribution in [2.45, 2.75) is 45.6 Å². The van der Waals surface area contributed by atoms with E-state index in [0.717, 1.165) is 0 Å². The molecule has 2 atom stereocenters. The van der Waals surface area contributed by atoms with Crippen LogP contribution in [0.15, 0.2) is 0 Å². The summed E-state index contributed by atoms with van der Waals surface area (Å²) < 4.78 is 4.74. The van der Waals surface area contributed by atoms with E-state index < -0.39 is 6.04 Å². The van der Waals surface area contributed by atoms with Gasteiger partial charge in [0.25, 0.3) is 0 Å². The molecule has 1 rings (SSSR count). The highest BCUT2D eigenvalue weighted by molar-refractivity contribution is 5.75. The average Bonchev–Trinajstić information content (AvgIpc) is 2.69. The molecule has 3 heteroatoms. The van der Waals surface area contributed by atoms with Crippen molar-refractivity contribution in [1.29, 1.82) is 0 Å². The van der Waals surface area contributed by atoms with Crippen LogP contribution in [0.4, 0.5) is 0 Å². The Hall–Kier alpha value is -0.570. The molecule has 0 aromatic heterocycles. The molecule has 1 aliphatic rings. The van der Waals surface area contributed by atoms with Gasteiger partial charge < -0.3 is 10.5 Å². The number of carbonyl (C=O) groups is 1. The molecule has 0 aliphatic heterocycles. The van der Waals surface area contributed by atoms with Crippen molar-refractivity contribution in [2.75, 3.05) is 7.11 Å². The Morgan fingerprint density at radius 2 is 1.87 bits per heavy atom. The third kappa shape index (κ3) is 2.94. The number of carbonyl (C=O) groups excluding carboxylic acids is 1. The Bertz CT molecular complexity index is 210. The fourth-order valence-electron chi connectivity index (χ4n) is 2.89. The van der Waals surface area contributed by atoms with Crippen LogP contribution in [-0.2, 0) is 9.53 Å². The molecule has 0 radical (unpaired) electrons. The van der Waals surface area contributed by atoms with Gasteiger partial charge in [0.15, 0.2) is 0 Å². The molecular formula is C12H23NO2. The van der Waals surface area contributed by atoms with Crippen LogP contribution >= 0.6 is 0 Å². The van der Waals surface area contributed by atoms with Gasteiger partial charge in [-0.05, 0) is 17.8 Å². The molecule has 0 bridgehead atoms. The molecule has 0 saturated heterocycles. The van der Waals surface area contributed by atoms with Crippen molar-refractivity contribution < 1.29 is 9.53 Å². The Morgan fingerprint density at radius 1 is 1.33 bits per heavy atom. The fourth-order valence-corrected chi connectivity index (χ4v) is 2.89. The van der Waals surface area contributed by atoms with Gasteiger partial charge in [0.2, 0.25) is 0 Å². The normalized spacial score (nSPS) is 21.7. The van der Waals surface area contributed by atoms with Crippen LogP contribution in [0.2, 0.25) is 0 Å². The average molecular weight is 213 g/mol. The van der Waals surface area contributed by atoms with Crippen molar-refractivity contribution in [3.05, 3.63) is 0 Å². The summed E-state index contributed by atoms with van der Waals surface area (Å²) in [5, 5.41) is 0. The summed E-state index contributed by atoms with van der Waals surface area (Å²) in [6.45, 7) is 4.29. The maximum atomic E-state index is 11.5. The summed E-state index contributed by atoms with van der Waals surface area (Å²) in [6, 6.07) is -0.446. The Balaban J connectivity index is 2.67. The third-order valence-electron chi connectivity index (χ3n) is 3.60. The largest absolute Gasteiger partial charge is 0.468 e. The number of ether oxygens (including phenoxy) is 1. The Morgan fingerprint density at radius 3 is 2.27 bits per heavy atom. The first-order chi connectivity index (χ1) is 7.07. The first-order valence-electron chi connectivity index (χ1n) is 5.91. The SMILES string of the molecule is COC(=O)C(N)C(C(C)C)C1CCCC1. The van der Waals surface area contributed by atoms with Crippen molar-refractivity contribution in [2.24, 2.45) is 23.5 Å². The lowest BCUT2D eigenvalue weighted by atomic mass is 9.77. The Labute approximate surface area is 92.4 Å². The van der Waals surface area contributed by atoms with Gasteiger partial charge >= 0.3 is 5.97 Å². The van der Waals surface area contributed by atoms with E-state index in [9.17, 15) is 4.79 Å². The molecule has 2 N–H and O–H groups in total. The first-order valence-corrected chi connectivity index (χ1v) is 5.91. The van der Waals surface area contributed by atoms with Crippen LogP contribution in [0.5, 0.6) is 0 Å². The zero-order chi connectivity index (χ0) is 11.4. The molecule has 1 aliphatic carbocycles.